The molecule has 1 fully saturated rings. The van der Waals surface area contributed by atoms with Gasteiger partial charge in [0.25, 0.3) is 11.1 Å². The van der Waals surface area contributed by atoms with Crippen molar-refractivity contribution < 1.29 is 14.3 Å². The van der Waals surface area contributed by atoms with Crippen molar-refractivity contribution in [2.24, 2.45) is 0 Å². The van der Waals surface area contributed by atoms with Crippen LogP contribution >= 0.6 is 11.8 Å². The fourth-order valence-corrected chi connectivity index (χ4v) is 2.63. The normalized spacial score (nSPS) is 18.3. The van der Waals surface area contributed by atoms with Crippen LogP contribution in [-0.2, 0) is 4.79 Å². The summed E-state index contributed by atoms with van der Waals surface area (Å²) in [5.74, 6) is 0.436. The molecular formula is C13H13NO3S. The van der Waals surface area contributed by atoms with Gasteiger partial charge in [-0.1, -0.05) is 18.2 Å². The minimum absolute atomic E-state index is 0.246. The zero-order chi connectivity index (χ0) is 13.3. The number of imide groups is 1. The molecular weight excluding hydrogens is 250 g/mol. The highest BCUT2D eigenvalue weighted by Crippen LogP contribution is 2.37. The number of thioether (sulfide) groups is 1. The first kappa shape index (κ1) is 12.7. The molecule has 0 radical (unpaired) electrons. The van der Waals surface area contributed by atoms with E-state index in [9.17, 15) is 9.59 Å². The molecule has 0 saturated carbocycles. The number of likely N-dealkylation sites (N-methyl/N-ethyl adjacent to an activating group) is 1. The van der Waals surface area contributed by atoms with E-state index >= 15 is 0 Å². The molecule has 0 aliphatic carbocycles. The van der Waals surface area contributed by atoms with Gasteiger partial charge in [-0.25, -0.2) is 0 Å². The third kappa shape index (κ3) is 2.01. The first-order valence-electron chi connectivity index (χ1n) is 5.40. The van der Waals surface area contributed by atoms with Crippen molar-refractivity contribution >= 4 is 28.5 Å². The molecule has 5 heteroatoms. The molecule has 0 bridgehead atoms. The minimum Gasteiger partial charge on any atom is -0.496 e. The molecule has 0 N–H and O–H groups in total. The van der Waals surface area contributed by atoms with Crippen LogP contribution in [0.15, 0.2) is 29.2 Å². The number of rotatable bonds is 2. The van der Waals surface area contributed by atoms with E-state index in [-0.39, 0.29) is 11.1 Å². The van der Waals surface area contributed by atoms with Gasteiger partial charge in [-0.05, 0) is 30.3 Å². The van der Waals surface area contributed by atoms with E-state index in [1.807, 2.05) is 31.2 Å². The Balaban J connectivity index is 2.51. The molecule has 94 valence electrons. The maximum absolute atomic E-state index is 11.9. The zero-order valence-corrected chi connectivity index (χ0v) is 11.2. The maximum atomic E-state index is 11.9. The van der Waals surface area contributed by atoms with Crippen molar-refractivity contribution in [3.8, 4) is 5.75 Å². The van der Waals surface area contributed by atoms with Crippen LogP contribution < -0.4 is 4.74 Å². The Kier molecular flexibility index (Phi) is 3.43. The third-order valence-corrected chi connectivity index (χ3v) is 3.95. The third-order valence-electron chi connectivity index (χ3n) is 2.81. The lowest BCUT2D eigenvalue weighted by molar-refractivity contribution is -0.121. The van der Waals surface area contributed by atoms with Crippen molar-refractivity contribution in [1.82, 2.24) is 4.90 Å². The van der Waals surface area contributed by atoms with Crippen molar-refractivity contribution in [2.75, 3.05) is 14.2 Å². The number of methoxy groups -OCH3 is 1. The largest absolute Gasteiger partial charge is 0.496 e. The van der Waals surface area contributed by atoms with Gasteiger partial charge in [0.2, 0.25) is 0 Å². The SMILES string of the molecule is COc1ccccc1/C(C)=C1\SC(=O)N(C)C1=O. The molecule has 1 heterocycles. The highest BCUT2D eigenvalue weighted by atomic mass is 32.2. The maximum Gasteiger partial charge on any atom is 0.293 e. The van der Waals surface area contributed by atoms with Crippen LogP contribution in [0.4, 0.5) is 4.79 Å². The van der Waals surface area contributed by atoms with Crippen molar-refractivity contribution in [3.05, 3.63) is 34.7 Å². The van der Waals surface area contributed by atoms with E-state index in [1.54, 1.807) is 7.11 Å². The predicted octanol–water partition coefficient (Wildman–Crippen LogP) is 2.75. The summed E-state index contributed by atoms with van der Waals surface area (Å²) in [6.45, 7) is 1.82. The van der Waals surface area contributed by atoms with Gasteiger partial charge in [0.1, 0.15) is 5.75 Å². The second kappa shape index (κ2) is 4.86. The highest BCUT2D eigenvalue weighted by Gasteiger charge is 2.34. The van der Waals surface area contributed by atoms with Crippen LogP contribution in [0, 0.1) is 0 Å². The van der Waals surface area contributed by atoms with E-state index in [0.717, 1.165) is 27.8 Å². The number of allylic oxidation sites excluding steroid dienone is 1. The predicted molar refractivity (Wildman–Crippen MR) is 71.3 cm³/mol. The lowest BCUT2D eigenvalue weighted by Gasteiger charge is -2.09. The number of para-hydroxylation sites is 1. The Morgan fingerprint density at radius 3 is 2.50 bits per heavy atom. The second-order valence-electron chi connectivity index (χ2n) is 3.89. The molecule has 0 spiro atoms. The van der Waals surface area contributed by atoms with Crippen LogP contribution in [0.1, 0.15) is 12.5 Å². The van der Waals surface area contributed by atoms with Crippen LogP contribution in [0.25, 0.3) is 5.57 Å². The summed E-state index contributed by atoms with van der Waals surface area (Å²) in [7, 11) is 3.07. The Morgan fingerprint density at radius 2 is 1.94 bits per heavy atom. The summed E-state index contributed by atoms with van der Waals surface area (Å²) >= 11 is 0.965. The number of carbonyl (C=O) groups is 2. The molecule has 0 atom stereocenters. The molecule has 1 aliphatic rings. The van der Waals surface area contributed by atoms with Gasteiger partial charge in [-0.15, -0.1) is 0 Å². The Morgan fingerprint density at radius 1 is 1.28 bits per heavy atom. The molecule has 1 aliphatic heterocycles. The first-order chi connectivity index (χ1) is 8.56. The van der Waals surface area contributed by atoms with E-state index in [2.05, 4.69) is 0 Å². The zero-order valence-electron chi connectivity index (χ0n) is 10.4. The number of hydrogen-bond acceptors (Lipinski definition) is 4. The van der Waals surface area contributed by atoms with Crippen LogP contribution in [0.3, 0.4) is 0 Å². The molecule has 1 aromatic rings. The average molecular weight is 263 g/mol. The summed E-state index contributed by atoms with van der Waals surface area (Å²) in [6, 6.07) is 7.44. The van der Waals surface area contributed by atoms with Crippen molar-refractivity contribution in [1.29, 1.82) is 0 Å². The van der Waals surface area contributed by atoms with Gasteiger partial charge in [-0.3, -0.25) is 14.5 Å². The fraction of sp³-hybridized carbons (Fsp3) is 0.231. The van der Waals surface area contributed by atoms with Crippen LogP contribution in [0.5, 0.6) is 5.75 Å². The Hall–Kier alpha value is -1.75. The molecule has 1 saturated heterocycles. The molecule has 18 heavy (non-hydrogen) atoms. The Bertz CT molecular complexity index is 551. The minimum atomic E-state index is -0.256. The van der Waals surface area contributed by atoms with Gasteiger partial charge in [0, 0.05) is 12.6 Å². The number of ether oxygens (including phenoxy) is 1. The second-order valence-corrected chi connectivity index (χ2v) is 4.85. The summed E-state index contributed by atoms with van der Waals surface area (Å²) in [4.78, 5) is 25.0. The van der Waals surface area contributed by atoms with Gasteiger partial charge in [0.15, 0.2) is 0 Å². The highest BCUT2D eigenvalue weighted by molar-refractivity contribution is 8.18. The summed E-state index contributed by atoms with van der Waals surface area (Å²) in [5, 5.41) is -0.246. The average Bonchev–Trinajstić information content (AvgIpc) is 2.65. The lowest BCUT2D eigenvalue weighted by Crippen LogP contribution is -2.22. The first-order valence-corrected chi connectivity index (χ1v) is 6.22. The number of hydrogen-bond donors (Lipinski definition) is 0. The fourth-order valence-electron chi connectivity index (χ4n) is 1.75. The number of benzene rings is 1. The monoisotopic (exact) mass is 263 g/mol. The molecule has 2 amide bonds. The quantitative estimate of drug-likeness (QED) is 0.770. The summed E-state index contributed by atoms with van der Waals surface area (Å²) in [6.07, 6.45) is 0. The van der Waals surface area contributed by atoms with Gasteiger partial charge in [-0.2, -0.15) is 0 Å². The van der Waals surface area contributed by atoms with Crippen molar-refractivity contribution in [3.63, 3.8) is 0 Å². The lowest BCUT2D eigenvalue weighted by atomic mass is 10.1. The molecule has 1 aromatic carbocycles. The van der Waals surface area contributed by atoms with Crippen LogP contribution in [0.2, 0.25) is 0 Å². The Labute approximate surface area is 110 Å². The van der Waals surface area contributed by atoms with E-state index in [1.165, 1.54) is 7.05 Å². The number of carbonyl (C=O) groups excluding carboxylic acids is 2. The molecule has 2 rings (SSSR count). The van der Waals surface area contributed by atoms with Crippen LogP contribution in [-0.4, -0.2) is 30.2 Å². The molecule has 0 aromatic heterocycles. The van der Waals surface area contributed by atoms with E-state index in [4.69, 9.17) is 4.74 Å². The standard InChI is InChI=1S/C13H13NO3S/c1-8(9-6-4-5-7-10(9)17-3)11-12(15)14(2)13(16)18-11/h4-7H,1-3H3/b11-8-. The van der Waals surface area contributed by atoms with E-state index in [0.29, 0.717) is 10.7 Å². The van der Waals surface area contributed by atoms with Gasteiger partial charge in [0.05, 0.1) is 12.0 Å². The van der Waals surface area contributed by atoms with E-state index < -0.39 is 0 Å². The molecule has 4 nitrogen and oxygen atoms in total. The van der Waals surface area contributed by atoms with Crippen molar-refractivity contribution in [2.45, 2.75) is 6.92 Å². The van der Waals surface area contributed by atoms with Gasteiger partial charge < -0.3 is 4.74 Å². The number of nitrogens with zero attached hydrogens (tertiary/aromatic N) is 1. The summed E-state index contributed by atoms with van der Waals surface area (Å²) in [5.41, 5.74) is 1.60. The topological polar surface area (TPSA) is 46.6 Å². The summed E-state index contributed by atoms with van der Waals surface area (Å²) < 4.78 is 5.26. The smallest absolute Gasteiger partial charge is 0.293 e. The molecule has 0 unspecified atom stereocenters. The van der Waals surface area contributed by atoms with Gasteiger partial charge >= 0.3 is 0 Å². The number of amides is 2.